The summed E-state index contributed by atoms with van der Waals surface area (Å²) in [5.74, 6) is 0.656. The van der Waals surface area contributed by atoms with Crippen molar-refractivity contribution in [2.45, 2.75) is 0 Å². The summed E-state index contributed by atoms with van der Waals surface area (Å²) in [4.78, 5) is 19.8. The molecule has 262 valence electrons. The summed E-state index contributed by atoms with van der Waals surface area (Å²) >= 11 is 0. The van der Waals surface area contributed by atoms with E-state index in [2.05, 4.69) is 168 Å². The molecule has 0 saturated heterocycles. The molecule has 3 heterocycles. The van der Waals surface area contributed by atoms with Crippen molar-refractivity contribution in [2.24, 2.45) is 0 Å². The van der Waals surface area contributed by atoms with E-state index < -0.39 is 0 Å². The van der Waals surface area contributed by atoms with Gasteiger partial charge >= 0.3 is 0 Å². The van der Waals surface area contributed by atoms with Crippen LogP contribution in [0.15, 0.2) is 207 Å². The molecule has 4 heteroatoms. The summed E-state index contributed by atoms with van der Waals surface area (Å²) in [6, 6.07) is 68.0. The molecule has 0 aliphatic heterocycles. The Balaban J connectivity index is 1.18. The molecule has 0 radical (unpaired) electrons. The van der Waals surface area contributed by atoms with Crippen LogP contribution in [0.5, 0.6) is 0 Å². The van der Waals surface area contributed by atoms with Crippen LogP contribution in [0, 0.1) is 0 Å². The van der Waals surface area contributed by atoms with Crippen molar-refractivity contribution in [1.82, 2.24) is 19.9 Å². The van der Waals surface area contributed by atoms with Crippen molar-refractivity contribution in [3.8, 4) is 78.7 Å². The van der Waals surface area contributed by atoms with Gasteiger partial charge in [-0.2, -0.15) is 0 Å². The van der Waals surface area contributed by atoms with Crippen LogP contribution in [0.25, 0.3) is 100 Å². The third kappa shape index (κ3) is 6.40. The van der Waals surface area contributed by atoms with Gasteiger partial charge in [-0.05, 0) is 92.3 Å². The lowest BCUT2D eigenvalue weighted by atomic mass is 9.91. The molecule has 7 aromatic carbocycles. The normalized spacial score (nSPS) is 11.2. The number of hydrogen-bond donors (Lipinski definition) is 0. The molecule has 0 saturated carbocycles. The summed E-state index contributed by atoms with van der Waals surface area (Å²) in [6.45, 7) is 0. The smallest absolute Gasteiger partial charge is 0.160 e. The van der Waals surface area contributed by atoms with Crippen LogP contribution in [0.2, 0.25) is 0 Å². The Bertz CT molecular complexity index is 2790. The maximum atomic E-state index is 5.32. The fourth-order valence-corrected chi connectivity index (χ4v) is 7.58. The summed E-state index contributed by atoms with van der Waals surface area (Å²) in [6.07, 6.45) is 3.65. The van der Waals surface area contributed by atoms with E-state index in [1.807, 2.05) is 48.8 Å². The van der Waals surface area contributed by atoms with Crippen molar-refractivity contribution in [3.63, 3.8) is 0 Å². The Kier molecular flexibility index (Phi) is 8.47. The zero-order valence-electron chi connectivity index (χ0n) is 30.4. The third-order valence-corrected chi connectivity index (χ3v) is 10.4. The van der Waals surface area contributed by atoms with Crippen molar-refractivity contribution < 1.29 is 0 Å². The minimum absolute atomic E-state index is 0.656. The highest BCUT2D eigenvalue weighted by Gasteiger charge is 2.16. The number of aromatic nitrogens is 4. The number of fused-ring (bicyclic) bond motifs is 2. The van der Waals surface area contributed by atoms with E-state index in [4.69, 9.17) is 9.97 Å². The lowest BCUT2D eigenvalue weighted by molar-refractivity contribution is 1.18. The number of nitrogens with zero attached hydrogens (tertiary/aromatic N) is 4. The van der Waals surface area contributed by atoms with Crippen molar-refractivity contribution >= 4 is 21.5 Å². The van der Waals surface area contributed by atoms with Gasteiger partial charge < -0.3 is 0 Å². The fraction of sp³-hybridized carbons (Fsp3) is 0. The second-order valence-electron chi connectivity index (χ2n) is 13.9. The van der Waals surface area contributed by atoms with Gasteiger partial charge in [0.2, 0.25) is 0 Å². The first-order valence-electron chi connectivity index (χ1n) is 18.8. The average Bonchev–Trinajstić information content (AvgIpc) is 3.29. The van der Waals surface area contributed by atoms with Crippen LogP contribution >= 0.6 is 0 Å². The molecule has 10 aromatic rings. The van der Waals surface area contributed by atoms with Gasteiger partial charge in [-0.1, -0.05) is 146 Å². The van der Waals surface area contributed by atoms with E-state index in [1.54, 1.807) is 0 Å². The maximum Gasteiger partial charge on any atom is 0.160 e. The predicted octanol–water partition coefficient (Wildman–Crippen LogP) is 13.2. The molecule has 0 N–H and O–H groups in total. The first kappa shape index (κ1) is 33.0. The Hall–Kier alpha value is -7.56. The summed E-state index contributed by atoms with van der Waals surface area (Å²) in [5, 5.41) is 4.80. The zero-order chi connectivity index (χ0) is 37.3. The van der Waals surface area contributed by atoms with Crippen LogP contribution in [-0.4, -0.2) is 19.9 Å². The number of pyridine rings is 2. The Labute approximate surface area is 325 Å². The molecule has 4 nitrogen and oxygen atoms in total. The molecule has 0 aliphatic carbocycles. The molecule has 3 aromatic heterocycles. The van der Waals surface area contributed by atoms with Crippen LogP contribution in [-0.2, 0) is 0 Å². The SMILES string of the molecule is c1ccc(-c2ccc(-c3cc(-c4ccc(-c5ccccn5)cc4)nc(-c4cc(-c5cccc6ccccc56)cc(-c5cccc6ccccc56)c4)n3)cc2)nc1. The van der Waals surface area contributed by atoms with E-state index in [0.717, 1.165) is 72.8 Å². The molecule has 0 spiro atoms. The molecule has 0 bridgehead atoms. The Morgan fingerprint density at radius 1 is 0.268 bits per heavy atom. The molecular weight excluding hydrogens is 681 g/mol. The predicted molar refractivity (Wildman–Crippen MR) is 231 cm³/mol. The van der Waals surface area contributed by atoms with Crippen LogP contribution in [0.1, 0.15) is 0 Å². The molecule has 0 aliphatic rings. The molecule has 0 atom stereocenters. The minimum Gasteiger partial charge on any atom is -0.256 e. The van der Waals surface area contributed by atoms with Gasteiger partial charge in [0.05, 0.1) is 22.8 Å². The van der Waals surface area contributed by atoms with Gasteiger partial charge in [0, 0.05) is 40.2 Å². The van der Waals surface area contributed by atoms with E-state index in [9.17, 15) is 0 Å². The monoisotopic (exact) mass is 714 g/mol. The molecule has 0 fully saturated rings. The second-order valence-corrected chi connectivity index (χ2v) is 13.9. The first-order valence-corrected chi connectivity index (χ1v) is 18.8. The Morgan fingerprint density at radius 2 is 0.661 bits per heavy atom. The lowest BCUT2D eigenvalue weighted by Crippen LogP contribution is -1.97. The first-order chi connectivity index (χ1) is 27.7. The third-order valence-electron chi connectivity index (χ3n) is 10.4. The van der Waals surface area contributed by atoms with Crippen LogP contribution in [0.4, 0.5) is 0 Å². The van der Waals surface area contributed by atoms with Gasteiger partial charge in [-0.3, -0.25) is 9.97 Å². The quantitative estimate of drug-likeness (QED) is 0.165. The molecular formula is C52H34N4. The largest absolute Gasteiger partial charge is 0.256 e. The van der Waals surface area contributed by atoms with Gasteiger partial charge in [0.1, 0.15) is 0 Å². The fourth-order valence-electron chi connectivity index (χ4n) is 7.58. The van der Waals surface area contributed by atoms with E-state index in [1.165, 1.54) is 21.5 Å². The zero-order valence-corrected chi connectivity index (χ0v) is 30.4. The summed E-state index contributed by atoms with van der Waals surface area (Å²) in [7, 11) is 0. The van der Waals surface area contributed by atoms with Crippen LogP contribution < -0.4 is 0 Å². The van der Waals surface area contributed by atoms with E-state index >= 15 is 0 Å². The number of benzene rings is 7. The number of rotatable bonds is 7. The average molecular weight is 715 g/mol. The highest BCUT2D eigenvalue weighted by atomic mass is 14.9. The molecule has 56 heavy (non-hydrogen) atoms. The van der Waals surface area contributed by atoms with Crippen LogP contribution in [0.3, 0.4) is 0 Å². The van der Waals surface area contributed by atoms with Gasteiger partial charge in [-0.25, -0.2) is 9.97 Å². The minimum atomic E-state index is 0.656. The van der Waals surface area contributed by atoms with Gasteiger partial charge in [0.25, 0.3) is 0 Å². The molecule has 0 amide bonds. The van der Waals surface area contributed by atoms with E-state index in [-0.39, 0.29) is 0 Å². The van der Waals surface area contributed by atoms with Crippen molar-refractivity contribution in [1.29, 1.82) is 0 Å². The number of hydrogen-bond acceptors (Lipinski definition) is 4. The lowest BCUT2D eigenvalue weighted by Gasteiger charge is -2.15. The summed E-state index contributed by atoms with van der Waals surface area (Å²) < 4.78 is 0. The maximum absolute atomic E-state index is 5.32. The standard InChI is InChI=1S/C52H34N4/c1-3-15-44-35(11-1)13-9-17-46(44)41-31-42(47-18-10-14-36-12-2-4-16-45(36)47)33-43(32-41)52-55-50(39-25-21-37(22-26-39)48-19-5-7-29-53-48)34-51(56-52)40-27-23-38(24-28-40)49-20-6-8-30-54-49/h1-34H. The van der Waals surface area contributed by atoms with Gasteiger partial charge in [-0.15, -0.1) is 0 Å². The van der Waals surface area contributed by atoms with Crippen molar-refractivity contribution in [2.75, 3.05) is 0 Å². The van der Waals surface area contributed by atoms with Crippen molar-refractivity contribution in [3.05, 3.63) is 207 Å². The van der Waals surface area contributed by atoms with Gasteiger partial charge in [0.15, 0.2) is 5.82 Å². The topological polar surface area (TPSA) is 51.6 Å². The summed E-state index contributed by atoms with van der Waals surface area (Å²) in [5.41, 5.74) is 13.1. The highest BCUT2D eigenvalue weighted by molar-refractivity contribution is 6.01. The molecule has 10 rings (SSSR count). The second kappa shape index (κ2) is 14.3. The van der Waals surface area contributed by atoms with E-state index in [0.29, 0.717) is 5.82 Å². The molecule has 0 unspecified atom stereocenters. The highest BCUT2D eigenvalue weighted by Crippen LogP contribution is 2.39. The Morgan fingerprint density at radius 3 is 1.11 bits per heavy atom.